The molecule has 1 N–H and O–H groups in total. The molecule has 31 heavy (non-hydrogen) atoms. The molecule has 5 rings (SSSR count). The van der Waals surface area contributed by atoms with Crippen LogP contribution in [-0.4, -0.2) is 45.3 Å². The molecular formula is C26H27NO4. The molecular weight excluding hydrogens is 390 g/mol. The molecule has 2 aliphatic heterocycles. The van der Waals surface area contributed by atoms with Gasteiger partial charge in [-0.1, -0.05) is 72.8 Å². The van der Waals surface area contributed by atoms with E-state index in [-0.39, 0.29) is 24.5 Å². The Morgan fingerprint density at radius 2 is 1.35 bits per heavy atom. The van der Waals surface area contributed by atoms with Crippen molar-refractivity contribution >= 4 is 0 Å². The van der Waals surface area contributed by atoms with Crippen LogP contribution in [0.4, 0.5) is 0 Å². The van der Waals surface area contributed by atoms with Crippen LogP contribution in [0.3, 0.4) is 0 Å². The van der Waals surface area contributed by atoms with Crippen LogP contribution in [-0.2, 0) is 19.8 Å². The average molecular weight is 418 g/mol. The van der Waals surface area contributed by atoms with Crippen molar-refractivity contribution in [3.63, 3.8) is 0 Å². The Balaban J connectivity index is 1.57. The Hall–Kier alpha value is -2.70. The summed E-state index contributed by atoms with van der Waals surface area (Å²) < 4.78 is 23.8. The molecule has 0 amide bonds. The van der Waals surface area contributed by atoms with Crippen molar-refractivity contribution < 1.29 is 18.9 Å². The Kier molecular flexibility index (Phi) is 5.50. The number of methoxy groups -OCH3 is 2. The number of nitrogens with one attached hydrogen (secondary N) is 1. The molecule has 0 aliphatic carbocycles. The van der Waals surface area contributed by atoms with E-state index in [2.05, 4.69) is 41.7 Å². The van der Waals surface area contributed by atoms with Crippen molar-refractivity contribution in [1.82, 2.24) is 5.32 Å². The van der Waals surface area contributed by atoms with Crippen LogP contribution in [0.5, 0.6) is 5.75 Å². The van der Waals surface area contributed by atoms with Gasteiger partial charge in [0, 0.05) is 7.11 Å². The molecule has 0 spiro atoms. The van der Waals surface area contributed by atoms with E-state index in [0.29, 0.717) is 6.61 Å². The largest absolute Gasteiger partial charge is 0.497 e. The molecule has 0 saturated carbocycles. The maximum atomic E-state index is 6.87. The van der Waals surface area contributed by atoms with Gasteiger partial charge in [0.1, 0.15) is 17.5 Å². The molecule has 0 aromatic heterocycles. The fraction of sp³-hybridized carbons (Fsp3) is 0.308. The third-order valence-corrected chi connectivity index (χ3v) is 6.22. The highest BCUT2D eigenvalue weighted by Gasteiger charge is 2.56. The molecule has 0 bridgehead atoms. The zero-order chi connectivity index (χ0) is 21.3. The molecule has 2 saturated heterocycles. The summed E-state index contributed by atoms with van der Waals surface area (Å²) in [6, 6.07) is 29.3. The van der Waals surface area contributed by atoms with Crippen molar-refractivity contribution in [1.29, 1.82) is 0 Å². The van der Waals surface area contributed by atoms with Gasteiger partial charge in [-0.15, -0.1) is 0 Å². The van der Waals surface area contributed by atoms with Crippen molar-refractivity contribution in [2.75, 3.05) is 20.8 Å². The number of ether oxygens (including phenoxy) is 4. The summed E-state index contributed by atoms with van der Waals surface area (Å²) in [7, 11) is 3.36. The quantitative estimate of drug-likeness (QED) is 0.447. The lowest BCUT2D eigenvalue weighted by atomic mass is 9.80. The Morgan fingerprint density at radius 3 is 1.87 bits per heavy atom. The zero-order valence-corrected chi connectivity index (χ0v) is 17.7. The summed E-state index contributed by atoms with van der Waals surface area (Å²) in [5.41, 5.74) is 2.38. The number of rotatable bonds is 8. The van der Waals surface area contributed by atoms with Crippen LogP contribution in [0, 0.1) is 0 Å². The second-order valence-electron chi connectivity index (χ2n) is 7.95. The lowest BCUT2D eigenvalue weighted by molar-refractivity contribution is -0.152. The van der Waals surface area contributed by atoms with Crippen molar-refractivity contribution in [3.05, 3.63) is 102 Å². The minimum Gasteiger partial charge on any atom is -0.497 e. The van der Waals surface area contributed by atoms with Gasteiger partial charge in [0.05, 0.1) is 25.8 Å². The predicted octanol–water partition coefficient (Wildman–Crippen LogP) is 3.72. The van der Waals surface area contributed by atoms with E-state index in [1.165, 1.54) is 0 Å². The van der Waals surface area contributed by atoms with E-state index in [9.17, 15) is 0 Å². The van der Waals surface area contributed by atoms with Crippen molar-refractivity contribution in [2.45, 2.75) is 30.1 Å². The molecule has 3 aromatic rings. The van der Waals surface area contributed by atoms with Gasteiger partial charge >= 0.3 is 0 Å². The lowest BCUT2D eigenvalue weighted by Gasteiger charge is -2.37. The summed E-state index contributed by atoms with van der Waals surface area (Å²) in [6.07, 6.45) is -0.289. The predicted molar refractivity (Wildman–Crippen MR) is 118 cm³/mol. The van der Waals surface area contributed by atoms with E-state index < -0.39 is 5.60 Å². The molecule has 0 unspecified atom stereocenters. The lowest BCUT2D eigenvalue weighted by Crippen LogP contribution is -2.38. The van der Waals surface area contributed by atoms with E-state index in [4.69, 9.17) is 18.9 Å². The summed E-state index contributed by atoms with van der Waals surface area (Å²) >= 11 is 0. The Bertz CT molecular complexity index is 953. The van der Waals surface area contributed by atoms with Crippen molar-refractivity contribution in [2.24, 2.45) is 0 Å². The van der Waals surface area contributed by atoms with Gasteiger partial charge in [-0.25, -0.2) is 0 Å². The highest BCUT2D eigenvalue weighted by Crippen LogP contribution is 2.42. The monoisotopic (exact) mass is 417 g/mol. The fourth-order valence-corrected chi connectivity index (χ4v) is 4.57. The normalized spacial score (nSPS) is 24.6. The Morgan fingerprint density at radius 1 is 0.774 bits per heavy atom. The molecule has 4 atom stereocenters. The zero-order valence-electron chi connectivity index (χ0n) is 17.7. The third-order valence-electron chi connectivity index (χ3n) is 6.22. The third kappa shape index (κ3) is 3.64. The van der Waals surface area contributed by atoms with E-state index in [1.54, 1.807) is 14.2 Å². The summed E-state index contributed by atoms with van der Waals surface area (Å²) in [5.74, 6) is 0.811. The summed E-state index contributed by atoms with van der Waals surface area (Å²) in [5, 5.41) is 3.44. The number of benzene rings is 3. The molecule has 2 heterocycles. The first-order chi connectivity index (χ1) is 15.3. The smallest absolute Gasteiger partial charge is 0.174 e. The summed E-state index contributed by atoms with van der Waals surface area (Å²) in [6.45, 7) is 0.434. The SMILES string of the molecule is COc1ccc(C(OC[C@H]2O[C@H](OC)[C@@H]3N[C@@H]32)(c2ccccc2)c2ccccc2)cc1. The van der Waals surface area contributed by atoms with Crippen LogP contribution in [0.25, 0.3) is 0 Å². The summed E-state index contributed by atoms with van der Waals surface area (Å²) in [4.78, 5) is 0. The van der Waals surface area contributed by atoms with Crippen LogP contribution in [0.1, 0.15) is 16.7 Å². The molecule has 160 valence electrons. The standard InChI is InChI=1S/C26H27NO4/c1-28-21-15-13-20(14-16-21)26(18-9-5-3-6-10-18,19-11-7-4-8-12-19)30-17-22-23-24(27-23)25(29-2)31-22/h3-16,22-25,27H,17H2,1-2H3/t22-,23-,24-,25+/m1/s1. The van der Waals surface area contributed by atoms with E-state index >= 15 is 0 Å². The molecule has 2 fully saturated rings. The van der Waals surface area contributed by atoms with Gasteiger partial charge in [0.15, 0.2) is 6.29 Å². The van der Waals surface area contributed by atoms with Crippen LogP contribution >= 0.6 is 0 Å². The molecule has 0 radical (unpaired) electrons. The maximum absolute atomic E-state index is 6.87. The highest BCUT2D eigenvalue weighted by atomic mass is 16.7. The number of morpholine rings is 1. The van der Waals surface area contributed by atoms with E-state index in [0.717, 1.165) is 22.4 Å². The van der Waals surface area contributed by atoms with Gasteiger partial charge in [-0.2, -0.15) is 0 Å². The molecule has 5 heteroatoms. The second-order valence-corrected chi connectivity index (χ2v) is 7.95. The van der Waals surface area contributed by atoms with Gasteiger partial charge < -0.3 is 24.3 Å². The fourth-order valence-electron chi connectivity index (χ4n) is 4.57. The first-order valence-electron chi connectivity index (χ1n) is 10.6. The van der Waals surface area contributed by atoms with Crippen molar-refractivity contribution in [3.8, 4) is 5.75 Å². The first-order valence-corrected chi connectivity index (χ1v) is 10.6. The van der Waals surface area contributed by atoms with Crippen LogP contribution in [0.15, 0.2) is 84.9 Å². The first kappa shape index (κ1) is 20.2. The minimum absolute atomic E-state index is 0.0694. The van der Waals surface area contributed by atoms with Gasteiger partial charge in [-0.3, -0.25) is 0 Å². The van der Waals surface area contributed by atoms with Gasteiger partial charge in [-0.05, 0) is 28.8 Å². The van der Waals surface area contributed by atoms with Gasteiger partial charge in [0.2, 0.25) is 0 Å². The van der Waals surface area contributed by atoms with Crippen LogP contribution < -0.4 is 10.1 Å². The highest BCUT2D eigenvalue weighted by molar-refractivity contribution is 5.48. The van der Waals surface area contributed by atoms with Gasteiger partial charge in [0.25, 0.3) is 0 Å². The number of fused-ring (bicyclic) bond motifs is 1. The number of hydrogen-bond acceptors (Lipinski definition) is 5. The average Bonchev–Trinajstić information content (AvgIpc) is 3.56. The van der Waals surface area contributed by atoms with E-state index in [1.807, 2.05) is 48.5 Å². The molecule has 5 nitrogen and oxygen atoms in total. The maximum Gasteiger partial charge on any atom is 0.174 e. The second kappa shape index (κ2) is 8.44. The number of hydrogen-bond donors (Lipinski definition) is 1. The van der Waals surface area contributed by atoms with Crippen LogP contribution in [0.2, 0.25) is 0 Å². The Labute approximate surface area is 182 Å². The topological polar surface area (TPSA) is 58.9 Å². The molecule has 3 aromatic carbocycles. The minimum atomic E-state index is -0.784. The molecule has 2 aliphatic rings.